The van der Waals surface area contributed by atoms with E-state index in [2.05, 4.69) is 11.6 Å². The Morgan fingerprint density at radius 2 is 1.95 bits per heavy atom. The molecule has 8 atom stereocenters. The molecule has 0 radical (unpaired) electrons. The Morgan fingerprint density at radius 3 is 2.57 bits per heavy atom. The van der Waals surface area contributed by atoms with Gasteiger partial charge in [-0.1, -0.05) is 36.4 Å². The lowest BCUT2D eigenvalue weighted by Gasteiger charge is -2.53. The molecule has 1 saturated heterocycles. The molecule has 12 heteroatoms. The second-order valence-corrected chi connectivity index (χ2v) is 11.5. The second-order valence-electron chi connectivity index (χ2n) is 11.5. The number of methoxy groups -OCH3 is 1. The molecule has 0 aromatic carbocycles. The van der Waals surface area contributed by atoms with Crippen molar-refractivity contribution in [2.24, 2.45) is 17.3 Å². The van der Waals surface area contributed by atoms with Gasteiger partial charge in [0, 0.05) is 29.2 Å². The number of fused-ring (bicyclic) bond motifs is 1. The van der Waals surface area contributed by atoms with Crippen molar-refractivity contribution in [2.45, 2.75) is 74.8 Å². The molecule has 230 valence electrons. The average molecular weight is 589 g/mol. The molecular weight excluding hydrogens is 550 g/mol. The van der Waals surface area contributed by atoms with Crippen molar-refractivity contribution in [1.82, 2.24) is 4.98 Å². The minimum atomic E-state index is -1.71. The summed E-state index contributed by atoms with van der Waals surface area (Å²) >= 11 is 0. The quantitative estimate of drug-likeness (QED) is 0.177. The lowest BCUT2D eigenvalue weighted by Crippen LogP contribution is -2.69. The van der Waals surface area contributed by atoms with Crippen LogP contribution in [-0.4, -0.2) is 94.1 Å². The maximum Gasteiger partial charge on any atom is 0.333 e. The second kappa shape index (κ2) is 11.9. The summed E-state index contributed by atoms with van der Waals surface area (Å²) in [7, 11) is 1.24. The first-order valence-electron chi connectivity index (χ1n) is 14.2. The SMILES string of the molecule is C=C[C@@H]1[C@H](CC(=O)O)C(C(=O)OC)=CC2(CCCC2)[C@H]1O[C@@H]1O[C@H](CO)[C@]2(C=c3cc[n-]c3=C(CCO)O2)[C@H](O)[C@H]1O. The predicted molar refractivity (Wildman–Crippen MR) is 145 cm³/mol. The van der Waals surface area contributed by atoms with Crippen LogP contribution in [0.3, 0.4) is 0 Å². The van der Waals surface area contributed by atoms with Crippen molar-refractivity contribution < 1.29 is 54.1 Å². The van der Waals surface area contributed by atoms with E-state index < -0.39 is 72.1 Å². The monoisotopic (exact) mass is 588 g/mol. The fourth-order valence-electron chi connectivity index (χ4n) is 7.24. The third-order valence-electron chi connectivity index (χ3n) is 9.17. The molecule has 4 aliphatic rings. The van der Waals surface area contributed by atoms with Crippen molar-refractivity contribution in [3.63, 3.8) is 0 Å². The summed E-state index contributed by atoms with van der Waals surface area (Å²) in [5, 5.41) is 53.8. The number of aliphatic carboxylic acids is 1. The molecule has 1 aromatic rings. The number of carboxylic acid groups (broad SMARTS) is 1. The molecule has 42 heavy (non-hydrogen) atoms. The van der Waals surface area contributed by atoms with Crippen LogP contribution in [0.15, 0.2) is 36.6 Å². The third-order valence-corrected chi connectivity index (χ3v) is 9.17. The Hall–Kier alpha value is -3.00. The van der Waals surface area contributed by atoms with Gasteiger partial charge in [-0.15, -0.1) is 6.58 Å². The largest absolute Gasteiger partial charge is 0.661 e. The van der Waals surface area contributed by atoms with E-state index in [1.807, 2.05) is 0 Å². The highest BCUT2D eigenvalue weighted by molar-refractivity contribution is 5.90. The van der Waals surface area contributed by atoms with E-state index in [9.17, 15) is 35.1 Å². The molecular formula is C30H38NO11-. The van der Waals surface area contributed by atoms with Crippen molar-refractivity contribution in [1.29, 1.82) is 0 Å². The highest BCUT2D eigenvalue weighted by Crippen LogP contribution is 2.54. The zero-order chi connectivity index (χ0) is 30.2. The van der Waals surface area contributed by atoms with E-state index in [4.69, 9.17) is 18.9 Å². The van der Waals surface area contributed by atoms with Crippen LogP contribution in [0.1, 0.15) is 38.5 Å². The van der Waals surface area contributed by atoms with Crippen molar-refractivity contribution >= 4 is 23.8 Å². The molecule has 2 spiro atoms. The van der Waals surface area contributed by atoms with E-state index in [0.717, 1.165) is 12.8 Å². The summed E-state index contributed by atoms with van der Waals surface area (Å²) in [5.74, 6) is -2.94. The number of aromatic nitrogens is 1. The summed E-state index contributed by atoms with van der Waals surface area (Å²) < 4.78 is 23.8. The highest BCUT2D eigenvalue weighted by Gasteiger charge is 2.60. The van der Waals surface area contributed by atoms with Crippen molar-refractivity contribution in [3.05, 3.63) is 47.1 Å². The predicted octanol–water partition coefficient (Wildman–Crippen LogP) is -0.925. The zero-order valence-electron chi connectivity index (χ0n) is 23.4. The number of aliphatic hydroxyl groups excluding tert-OH is 4. The maximum absolute atomic E-state index is 12.8. The van der Waals surface area contributed by atoms with E-state index in [-0.39, 0.29) is 30.8 Å². The highest BCUT2D eigenvalue weighted by atomic mass is 16.7. The fraction of sp³-hybridized carbons (Fsp3) is 0.600. The third kappa shape index (κ3) is 4.99. The Bertz CT molecular complexity index is 1340. The topological polar surface area (TPSA) is 186 Å². The molecule has 3 heterocycles. The maximum atomic E-state index is 12.8. The smallest absolute Gasteiger partial charge is 0.333 e. The van der Waals surface area contributed by atoms with Crippen LogP contribution < -0.4 is 15.6 Å². The van der Waals surface area contributed by atoms with Gasteiger partial charge >= 0.3 is 11.9 Å². The summed E-state index contributed by atoms with van der Waals surface area (Å²) in [6, 6.07) is 1.70. The van der Waals surface area contributed by atoms with Crippen LogP contribution >= 0.6 is 0 Å². The van der Waals surface area contributed by atoms with Crippen LogP contribution in [0.2, 0.25) is 0 Å². The van der Waals surface area contributed by atoms with Gasteiger partial charge in [0.1, 0.15) is 18.3 Å². The van der Waals surface area contributed by atoms with E-state index in [0.29, 0.717) is 23.4 Å². The summed E-state index contributed by atoms with van der Waals surface area (Å²) in [6.07, 6.45) is 2.37. The average Bonchev–Trinajstić information content (AvgIpc) is 3.65. The van der Waals surface area contributed by atoms with Crippen LogP contribution in [0, 0.1) is 17.3 Å². The van der Waals surface area contributed by atoms with Gasteiger partial charge in [-0.25, -0.2) is 4.79 Å². The van der Waals surface area contributed by atoms with E-state index >= 15 is 0 Å². The number of carbonyl (C=O) groups is 2. The molecule has 2 aliphatic carbocycles. The number of carboxylic acids is 1. The van der Waals surface area contributed by atoms with E-state index in [1.165, 1.54) is 7.11 Å². The lowest BCUT2D eigenvalue weighted by atomic mass is 9.62. The van der Waals surface area contributed by atoms with Gasteiger partial charge < -0.3 is 49.5 Å². The number of aliphatic hydroxyl groups is 4. The van der Waals surface area contributed by atoms with Gasteiger partial charge in [0.15, 0.2) is 11.9 Å². The number of hydrogen-bond donors (Lipinski definition) is 5. The number of esters is 1. The van der Waals surface area contributed by atoms with E-state index in [1.54, 1.807) is 30.5 Å². The number of carbonyl (C=O) groups excluding carboxylic acids is 1. The summed E-state index contributed by atoms with van der Waals surface area (Å²) in [5.41, 5.74) is -2.17. The van der Waals surface area contributed by atoms with Crippen LogP contribution in [0.25, 0.3) is 11.8 Å². The van der Waals surface area contributed by atoms with Gasteiger partial charge in [0.25, 0.3) is 0 Å². The fourth-order valence-corrected chi connectivity index (χ4v) is 7.24. The minimum absolute atomic E-state index is 0.0892. The Labute approximate surface area is 242 Å². The molecule has 0 unspecified atom stereocenters. The number of rotatable bonds is 9. The first-order chi connectivity index (χ1) is 20.1. The zero-order valence-corrected chi connectivity index (χ0v) is 23.4. The first-order valence-corrected chi connectivity index (χ1v) is 14.2. The molecule has 12 nitrogen and oxygen atoms in total. The van der Waals surface area contributed by atoms with Gasteiger partial charge in [-0.3, -0.25) is 4.79 Å². The molecule has 5 N–H and O–H groups in total. The molecule has 1 aromatic heterocycles. The van der Waals surface area contributed by atoms with Crippen LogP contribution in [-0.2, 0) is 28.5 Å². The molecule has 0 amide bonds. The Kier molecular flexibility index (Phi) is 8.66. The van der Waals surface area contributed by atoms with Crippen molar-refractivity contribution in [3.8, 4) is 0 Å². The Morgan fingerprint density at radius 1 is 1.21 bits per heavy atom. The number of hydrogen-bond acceptors (Lipinski definition) is 10. The van der Waals surface area contributed by atoms with Crippen LogP contribution in [0.4, 0.5) is 0 Å². The minimum Gasteiger partial charge on any atom is -0.661 e. The lowest BCUT2D eigenvalue weighted by molar-refractivity contribution is -0.335. The van der Waals surface area contributed by atoms with Crippen molar-refractivity contribution in [2.75, 3.05) is 20.3 Å². The molecule has 1 saturated carbocycles. The Balaban J connectivity index is 1.51. The van der Waals surface area contributed by atoms with Gasteiger partial charge in [-0.05, 0) is 24.1 Å². The molecule has 5 rings (SSSR count). The first kappa shape index (κ1) is 30.5. The van der Waals surface area contributed by atoms with Gasteiger partial charge in [0.05, 0.1) is 38.6 Å². The summed E-state index contributed by atoms with van der Waals surface area (Å²) in [6.45, 7) is 3.08. The molecule has 2 aliphatic heterocycles. The van der Waals surface area contributed by atoms with Gasteiger partial charge in [0.2, 0.25) is 0 Å². The number of ether oxygens (including phenoxy) is 4. The molecule has 2 fully saturated rings. The standard InChI is InChI=1S/C30H38NO11/c1-3-17-18(12-22(34)35)19(27(38)39-2)14-29(8-4-5-9-29)26(17)41-28-24(36)25(37)30(21(15-33)40-28)13-16-6-10-31-23(16)20(42-30)7-11-32/h3,6,10,13-14,17-18,21,24-26,28,32-33,36-37H,1,4-5,7-9,11-12,15H2,2H3,(H,34,35)/q-1/t17-,18+,21-,24-,25-,26+,28+,30-/m1/s1. The normalized spacial score (nSPS) is 35.2. The summed E-state index contributed by atoms with van der Waals surface area (Å²) in [4.78, 5) is 29.0. The van der Waals surface area contributed by atoms with Crippen LogP contribution in [0.5, 0.6) is 0 Å². The van der Waals surface area contributed by atoms with Gasteiger partial charge in [-0.2, -0.15) is 6.20 Å². The molecule has 0 bridgehead atoms. The number of nitrogens with zero attached hydrogens (tertiary/aromatic N) is 1.